The molecule has 1 aromatic rings. The monoisotopic (exact) mass is 261 g/mol. The van der Waals surface area contributed by atoms with Crippen LogP contribution in [0.2, 0.25) is 0 Å². The maximum atomic E-state index is 2.42. The molecule has 0 saturated heterocycles. The molecule has 0 N–H and O–H groups in total. The molecule has 1 aliphatic carbocycles. The van der Waals surface area contributed by atoms with E-state index in [-0.39, 0.29) is 0 Å². The van der Waals surface area contributed by atoms with Gasteiger partial charge in [0.2, 0.25) is 0 Å². The summed E-state index contributed by atoms with van der Waals surface area (Å²) in [4.78, 5) is 0. The summed E-state index contributed by atoms with van der Waals surface area (Å²) in [5, 5.41) is 0. The number of rotatable bonds is 2. The second kappa shape index (κ2) is 4.15. The van der Waals surface area contributed by atoms with Gasteiger partial charge in [-0.05, 0) is 0 Å². The van der Waals surface area contributed by atoms with Crippen LogP contribution >= 0.6 is 0 Å². The predicted octanol–water partition coefficient (Wildman–Crippen LogP) is 3.26. The Morgan fingerprint density at radius 2 is 1.79 bits per heavy atom. The zero-order valence-electron chi connectivity index (χ0n) is 8.85. The molecule has 71 valence electrons. The van der Waals surface area contributed by atoms with Crippen LogP contribution in [0.4, 0.5) is 0 Å². The Hall–Kier alpha value is -0.157. The number of aryl methyl sites for hydroxylation is 2. The average molecular weight is 262 g/mol. The topological polar surface area (TPSA) is 0 Å². The molecule has 0 radical (unpaired) electrons. The van der Waals surface area contributed by atoms with Gasteiger partial charge < -0.3 is 0 Å². The molecule has 0 aliphatic heterocycles. The van der Waals surface area contributed by atoms with Crippen LogP contribution < -0.4 is 0 Å². The van der Waals surface area contributed by atoms with Gasteiger partial charge in [-0.3, -0.25) is 0 Å². The van der Waals surface area contributed by atoms with Crippen molar-refractivity contribution in [2.45, 2.75) is 33.1 Å². The molecule has 1 heteroatoms. The molecule has 0 aromatic heterocycles. The average Bonchev–Trinajstić information content (AvgIpc) is 2.54. The van der Waals surface area contributed by atoms with Crippen molar-refractivity contribution in [3.05, 3.63) is 37.7 Å². The fourth-order valence-electron chi connectivity index (χ4n) is 2.15. The Bertz CT molecular complexity index is 388. The number of allylic oxidation sites excluding steroid dienone is 1. The first-order valence-corrected chi connectivity index (χ1v) is 6.54. The van der Waals surface area contributed by atoms with Gasteiger partial charge in [-0.25, -0.2) is 0 Å². The standard InChI is InChI=1S/C13H15.Zr/c1-3-10-8-12-6-5-7-13(12)9-11(10)4-2;/h6,8-9H,3-4,7H2,1-2H3;. The second-order valence-corrected chi connectivity index (χ2v) is 5.45. The van der Waals surface area contributed by atoms with Crippen LogP contribution in [0.25, 0.3) is 6.08 Å². The van der Waals surface area contributed by atoms with Gasteiger partial charge in [-0.15, -0.1) is 0 Å². The normalized spacial score (nSPS) is 13.9. The number of benzene rings is 1. The maximum absolute atomic E-state index is 2.42. The second-order valence-electron chi connectivity index (χ2n) is 3.87. The molecule has 0 fully saturated rings. The van der Waals surface area contributed by atoms with E-state index in [0.717, 1.165) is 6.42 Å². The number of hydrogen-bond acceptors (Lipinski definition) is 0. The fraction of sp³-hybridized carbons (Fsp3) is 0.385. The van der Waals surface area contributed by atoms with Gasteiger partial charge in [-0.1, -0.05) is 0 Å². The Kier molecular flexibility index (Phi) is 3.07. The van der Waals surface area contributed by atoms with Crippen LogP contribution in [0.15, 0.2) is 15.4 Å². The van der Waals surface area contributed by atoms with Crippen molar-refractivity contribution < 1.29 is 24.7 Å². The molecule has 2 rings (SSSR count). The van der Waals surface area contributed by atoms with Crippen molar-refractivity contribution in [1.29, 1.82) is 0 Å². The third kappa shape index (κ3) is 1.80. The van der Waals surface area contributed by atoms with Gasteiger partial charge in [0.15, 0.2) is 0 Å². The van der Waals surface area contributed by atoms with Crippen LogP contribution in [0.3, 0.4) is 0 Å². The van der Waals surface area contributed by atoms with E-state index < -0.39 is 0 Å². The molecule has 0 bridgehead atoms. The molecular weight excluding hydrogens is 247 g/mol. The molecule has 0 unspecified atom stereocenters. The van der Waals surface area contributed by atoms with Gasteiger partial charge in [0, 0.05) is 0 Å². The molecule has 14 heavy (non-hydrogen) atoms. The summed E-state index contributed by atoms with van der Waals surface area (Å²) in [5.74, 6) is 0. The van der Waals surface area contributed by atoms with E-state index in [9.17, 15) is 0 Å². The van der Waals surface area contributed by atoms with E-state index in [1.165, 1.54) is 24.0 Å². The van der Waals surface area contributed by atoms with Crippen LogP contribution in [0.1, 0.15) is 36.1 Å². The van der Waals surface area contributed by atoms with Gasteiger partial charge in [0.25, 0.3) is 0 Å². The Labute approximate surface area is 101 Å². The van der Waals surface area contributed by atoms with Crippen molar-refractivity contribution in [1.82, 2.24) is 0 Å². The zero-order chi connectivity index (χ0) is 10.1. The SMILES string of the molecule is CCc1cc2c(cc1CC)C[C]([Zr])=C2. The minimum atomic E-state index is 1.16. The van der Waals surface area contributed by atoms with E-state index in [2.05, 4.69) is 32.1 Å². The summed E-state index contributed by atoms with van der Waals surface area (Å²) in [5.41, 5.74) is 6.11. The summed E-state index contributed by atoms with van der Waals surface area (Å²) >= 11 is 1.57. The molecule has 0 saturated carbocycles. The summed E-state index contributed by atoms with van der Waals surface area (Å²) in [7, 11) is 0. The van der Waals surface area contributed by atoms with E-state index in [1.54, 1.807) is 39.1 Å². The van der Waals surface area contributed by atoms with Crippen LogP contribution in [0.5, 0.6) is 0 Å². The van der Waals surface area contributed by atoms with Crippen molar-refractivity contribution >= 4 is 6.08 Å². The molecule has 1 aromatic carbocycles. The van der Waals surface area contributed by atoms with Gasteiger partial charge >= 0.3 is 102 Å². The summed E-state index contributed by atoms with van der Waals surface area (Å²) in [6.45, 7) is 4.50. The van der Waals surface area contributed by atoms with E-state index in [0.29, 0.717) is 0 Å². The number of fused-ring (bicyclic) bond motifs is 1. The third-order valence-corrected chi connectivity index (χ3v) is 3.72. The van der Waals surface area contributed by atoms with Crippen LogP contribution in [-0.4, -0.2) is 0 Å². The molecule has 0 atom stereocenters. The molecule has 0 amide bonds. The van der Waals surface area contributed by atoms with E-state index >= 15 is 0 Å². The van der Waals surface area contributed by atoms with E-state index in [4.69, 9.17) is 0 Å². The predicted molar refractivity (Wildman–Crippen MR) is 56.9 cm³/mol. The van der Waals surface area contributed by atoms with Gasteiger partial charge in [0.1, 0.15) is 0 Å². The Balaban J connectivity index is 2.49. The molecule has 0 spiro atoms. The molecule has 0 heterocycles. The van der Waals surface area contributed by atoms with Gasteiger partial charge in [0.05, 0.1) is 0 Å². The van der Waals surface area contributed by atoms with Crippen molar-refractivity contribution in [2.24, 2.45) is 0 Å². The first kappa shape index (κ1) is 10.4. The van der Waals surface area contributed by atoms with Crippen molar-refractivity contribution in [2.75, 3.05) is 0 Å². The summed E-state index contributed by atoms with van der Waals surface area (Å²) < 4.78 is 1.59. The quantitative estimate of drug-likeness (QED) is 0.767. The Morgan fingerprint density at radius 3 is 2.43 bits per heavy atom. The van der Waals surface area contributed by atoms with Crippen LogP contribution in [-0.2, 0) is 44.0 Å². The number of hydrogen-bond donors (Lipinski definition) is 0. The molecule has 1 aliphatic rings. The van der Waals surface area contributed by atoms with Crippen molar-refractivity contribution in [3.8, 4) is 0 Å². The van der Waals surface area contributed by atoms with Crippen LogP contribution in [0, 0.1) is 0 Å². The zero-order valence-corrected chi connectivity index (χ0v) is 11.3. The third-order valence-electron chi connectivity index (χ3n) is 2.93. The summed E-state index contributed by atoms with van der Waals surface area (Å²) in [6, 6.07) is 4.81. The minimum absolute atomic E-state index is 1.16. The van der Waals surface area contributed by atoms with E-state index in [1.807, 2.05) is 0 Å². The fourth-order valence-corrected chi connectivity index (χ4v) is 3.00. The van der Waals surface area contributed by atoms with Crippen molar-refractivity contribution in [3.63, 3.8) is 0 Å². The molecule has 0 nitrogen and oxygen atoms in total. The van der Waals surface area contributed by atoms with Gasteiger partial charge in [-0.2, -0.15) is 0 Å². The Morgan fingerprint density at radius 1 is 1.14 bits per heavy atom. The summed E-state index contributed by atoms with van der Waals surface area (Å²) in [6.07, 6.45) is 5.90. The first-order chi connectivity index (χ1) is 6.74. The molecular formula is C13H15Zr. The first-order valence-electron chi connectivity index (χ1n) is 5.31.